The lowest BCUT2D eigenvalue weighted by Gasteiger charge is -2.39. The molecule has 0 amide bonds. The molecule has 3 aromatic rings. The number of nitrogens with one attached hydrogen (secondary N) is 1. The van der Waals surface area contributed by atoms with Gasteiger partial charge in [0.2, 0.25) is 0 Å². The van der Waals surface area contributed by atoms with Crippen LogP contribution in [0.3, 0.4) is 0 Å². The van der Waals surface area contributed by atoms with E-state index in [0.29, 0.717) is 11.6 Å². The first-order valence-corrected chi connectivity index (χ1v) is 11.6. The Morgan fingerprint density at radius 3 is 2.81 bits per heavy atom. The highest BCUT2D eigenvalue weighted by Crippen LogP contribution is 2.32. The highest BCUT2D eigenvalue weighted by atomic mass is 15.3. The van der Waals surface area contributed by atoms with E-state index >= 15 is 0 Å². The summed E-state index contributed by atoms with van der Waals surface area (Å²) in [7, 11) is 0. The summed E-state index contributed by atoms with van der Waals surface area (Å²) in [4.78, 5) is 5.16. The number of aromatic nitrogens is 2. The fourth-order valence-electron chi connectivity index (χ4n) is 5.33. The molecule has 2 aromatic carbocycles. The second kappa shape index (κ2) is 8.40. The van der Waals surface area contributed by atoms with Crippen molar-refractivity contribution in [1.29, 1.82) is 5.26 Å². The SMILES string of the molecule is Cc1c(C#N)cccc1[C@@H](C)Nc1nnc(C)c2ccc(N3CCN4CCCC4C3)cc12. The molecule has 1 N–H and O–H groups in total. The normalized spacial score (nSPS) is 19.6. The molecule has 1 unspecified atom stereocenters. The van der Waals surface area contributed by atoms with Gasteiger partial charge < -0.3 is 10.2 Å². The van der Waals surface area contributed by atoms with Crippen molar-refractivity contribution in [2.45, 2.75) is 45.7 Å². The lowest BCUT2D eigenvalue weighted by molar-refractivity contribution is 0.231. The molecule has 2 atom stereocenters. The van der Waals surface area contributed by atoms with Crippen molar-refractivity contribution >= 4 is 22.3 Å². The van der Waals surface area contributed by atoms with E-state index < -0.39 is 0 Å². The Balaban J connectivity index is 1.47. The van der Waals surface area contributed by atoms with Crippen LogP contribution in [-0.2, 0) is 0 Å². The van der Waals surface area contributed by atoms with Crippen molar-refractivity contribution in [1.82, 2.24) is 15.1 Å². The average Bonchev–Trinajstić information content (AvgIpc) is 3.29. The zero-order valence-corrected chi connectivity index (χ0v) is 19.1. The zero-order chi connectivity index (χ0) is 22.2. The largest absolute Gasteiger partial charge is 0.369 e. The van der Waals surface area contributed by atoms with Gasteiger partial charge >= 0.3 is 0 Å². The average molecular weight is 427 g/mol. The number of hydrogen-bond acceptors (Lipinski definition) is 6. The number of rotatable bonds is 4. The molecule has 0 aliphatic carbocycles. The molecule has 0 bridgehead atoms. The molecular weight excluding hydrogens is 396 g/mol. The number of hydrogen-bond donors (Lipinski definition) is 1. The molecule has 164 valence electrons. The summed E-state index contributed by atoms with van der Waals surface area (Å²) in [5, 5.41) is 24.1. The van der Waals surface area contributed by atoms with E-state index in [1.807, 2.05) is 26.0 Å². The van der Waals surface area contributed by atoms with Gasteiger partial charge in [-0.05, 0) is 69.5 Å². The molecule has 6 nitrogen and oxygen atoms in total. The summed E-state index contributed by atoms with van der Waals surface area (Å²) < 4.78 is 0. The highest BCUT2D eigenvalue weighted by molar-refractivity contribution is 5.95. The van der Waals surface area contributed by atoms with Crippen LogP contribution in [0.4, 0.5) is 11.5 Å². The van der Waals surface area contributed by atoms with Gasteiger partial charge in [-0.25, -0.2) is 0 Å². The Kier molecular flexibility index (Phi) is 5.44. The first-order valence-electron chi connectivity index (χ1n) is 11.6. The number of anilines is 2. The fourth-order valence-corrected chi connectivity index (χ4v) is 5.33. The summed E-state index contributed by atoms with van der Waals surface area (Å²) in [6.45, 7) is 10.7. The maximum absolute atomic E-state index is 9.40. The predicted molar refractivity (Wildman–Crippen MR) is 129 cm³/mol. The highest BCUT2D eigenvalue weighted by Gasteiger charge is 2.30. The summed E-state index contributed by atoms with van der Waals surface area (Å²) >= 11 is 0. The van der Waals surface area contributed by atoms with Crippen LogP contribution in [0.5, 0.6) is 0 Å². The Hall–Kier alpha value is -3.17. The molecule has 32 heavy (non-hydrogen) atoms. The van der Waals surface area contributed by atoms with Crippen molar-refractivity contribution in [3.8, 4) is 6.07 Å². The number of fused-ring (bicyclic) bond motifs is 2. The van der Waals surface area contributed by atoms with Gasteiger partial charge in [-0.1, -0.05) is 18.2 Å². The third kappa shape index (κ3) is 3.67. The van der Waals surface area contributed by atoms with E-state index in [-0.39, 0.29) is 6.04 Å². The van der Waals surface area contributed by atoms with E-state index in [9.17, 15) is 5.26 Å². The molecule has 6 heteroatoms. The molecule has 0 radical (unpaired) electrons. The molecule has 1 aromatic heterocycles. The van der Waals surface area contributed by atoms with Gasteiger partial charge in [0.15, 0.2) is 5.82 Å². The molecular formula is C26H30N6. The fraction of sp³-hybridized carbons (Fsp3) is 0.423. The number of nitrogens with zero attached hydrogens (tertiary/aromatic N) is 5. The maximum Gasteiger partial charge on any atom is 0.157 e. The van der Waals surface area contributed by atoms with Crippen LogP contribution in [-0.4, -0.2) is 47.3 Å². The lowest BCUT2D eigenvalue weighted by atomic mass is 9.98. The number of nitriles is 1. The van der Waals surface area contributed by atoms with E-state index in [1.54, 1.807) is 0 Å². The maximum atomic E-state index is 9.40. The van der Waals surface area contributed by atoms with E-state index in [4.69, 9.17) is 0 Å². The van der Waals surface area contributed by atoms with Gasteiger partial charge in [0.1, 0.15) is 0 Å². The Labute approximate surface area is 189 Å². The van der Waals surface area contributed by atoms with E-state index in [0.717, 1.165) is 53.0 Å². The van der Waals surface area contributed by atoms with Gasteiger partial charge in [-0.2, -0.15) is 10.4 Å². The van der Waals surface area contributed by atoms with Crippen LogP contribution in [0.25, 0.3) is 10.8 Å². The Morgan fingerprint density at radius 1 is 1.09 bits per heavy atom. The van der Waals surface area contributed by atoms with Gasteiger partial charge in [-0.15, -0.1) is 5.10 Å². The first kappa shape index (κ1) is 20.7. The van der Waals surface area contributed by atoms with Crippen LogP contribution in [0.1, 0.15) is 48.2 Å². The van der Waals surface area contributed by atoms with Crippen LogP contribution in [0.2, 0.25) is 0 Å². The molecule has 2 aliphatic rings. The third-order valence-electron chi connectivity index (χ3n) is 7.22. The Morgan fingerprint density at radius 2 is 1.97 bits per heavy atom. The second-order valence-corrected chi connectivity index (χ2v) is 9.14. The minimum Gasteiger partial charge on any atom is -0.369 e. The molecule has 5 rings (SSSR count). The molecule has 0 saturated carbocycles. The van der Waals surface area contributed by atoms with Gasteiger partial charge in [0.05, 0.1) is 23.4 Å². The second-order valence-electron chi connectivity index (χ2n) is 9.14. The summed E-state index contributed by atoms with van der Waals surface area (Å²) in [5.74, 6) is 0.793. The summed E-state index contributed by atoms with van der Waals surface area (Å²) in [6, 6.07) is 15.6. The van der Waals surface area contributed by atoms with Crippen LogP contribution < -0.4 is 10.2 Å². The topological polar surface area (TPSA) is 68.1 Å². The van der Waals surface area contributed by atoms with Crippen LogP contribution >= 0.6 is 0 Å². The molecule has 2 aliphatic heterocycles. The monoisotopic (exact) mass is 426 g/mol. The first-order chi connectivity index (χ1) is 15.5. The van der Waals surface area contributed by atoms with Crippen molar-refractivity contribution < 1.29 is 0 Å². The van der Waals surface area contributed by atoms with Gasteiger partial charge in [0, 0.05) is 42.1 Å². The zero-order valence-electron chi connectivity index (χ0n) is 19.1. The number of aryl methyl sites for hydroxylation is 1. The van der Waals surface area contributed by atoms with Gasteiger partial charge in [0.25, 0.3) is 0 Å². The third-order valence-corrected chi connectivity index (χ3v) is 7.22. The van der Waals surface area contributed by atoms with Crippen molar-refractivity contribution in [2.24, 2.45) is 0 Å². The summed E-state index contributed by atoms with van der Waals surface area (Å²) in [6.07, 6.45) is 2.63. The predicted octanol–water partition coefficient (Wildman–Crippen LogP) is 4.58. The molecule has 2 fully saturated rings. The smallest absolute Gasteiger partial charge is 0.157 e. The minimum atomic E-state index is 0.00851. The molecule has 3 heterocycles. The van der Waals surface area contributed by atoms with Crippen molar-refractivity contribution in [3.63, 3.8) is 0 Å². The van der Waals surface area contributed by atoms with Crippen LogP contribution in [0, 0.1) is 25.2 Å². The quantitative estimate of drug-likeness (QED) is 0.659. The summed E-state index contributed by atoms with van der Waals surface area (Å²) in [5.41, 5.74) is 5.02. The van der Waals surface area contributed by atoms with Crippen molar-refractivity contribution in [3.05, 3.63) is 58.8 Å². The van der Waals surface area contributed by atoms with E-state index in [2.05, 4.69) is 62.6 Å². The Bertz CT molecular complexity index is 1200. The number of benzene rings is 2. The van der Waals surface area contributed by atoms with Crippen molar-refractivity contribution in [2.75, 3.05) is 36.4 Å². The molecule has 0 spiro atoms. The van der Waals surface area contributed by atoms with Crippen LogP contribution in [0.15, 0.2) is 36.4 Å². The van der Waals surface area contributed by atoms with E-state index in [1.165, 1.54) is 25.1 Å². The minimum absolute atomic E-state index is 0.00851. The standard InChI is InChI=1S/C26H30N6/c1-17-20(15-27)6-4-8-23(17)18(2)28-26-25-14-21(9-10-24(25)19(3)29-30-26)32-13-12-31-11-5-7-22(31)16-32/h4,6,8-10,14,18,22H,5,7,11-13,16H2,1-3H3,(H,28,30)/t18-,22?/m1/s1. The molecule has 2 saturated heterocycles. The lowest BCUT2D eigenvalue weighted by Crippen LogP contribution is -2.50. The van der Waals surface area contributed by atoms with Gasteiger partial charge in [-0.3, -0.25) is 4.90 Å². The number of piperazine rings is 1.